The molecule has 0 aliphatic carbocycles. The Bertz CT molecular complexity index is 235. The minimum Gasteiger partial charge on any atom is -0.444 e. The summed E-state index contributed by atoms with van der Waals surface area (Å²) in [5, 5.41) is 2.48. The molecular weight excluding hydrogens is 210 g/mol. The van der Waals surface area contributed by atoms with Crippen LogP contribution in [-0.2, 0) is 14.3 Å². The molecule has 0 aromatic rings. The van der Waals surface area contributed by atoms with Crippen molar-refractivity contribution >= 4 is 12.4 Å². The highest BCUT2D eigenvalue weighted by molar-refractivity contribution is 5.73. The van der Waals surface area contributed by atoms with Crippen LogP contribution in [0.4, 0.5) is 4.79 Å². The molecule has 0 fully saturated rings. The number of rotatable bonds is 5. The average Bonchev–Trinajstić information content (AvgIpc) is 2.13. The molecule has 0 aliphatic heterocycles. The van der Waals surface area contributed by atoms with Crippen LogP contribution in [0.1, 0.15) is 34.1 Å². The van der Waals surface area contributed by atoms with E-state index in [9.17, 15) is 9.59 Å². The maximum Gasteiger partial charge on any atom is 0.408 e. The lowest BCUT2D eigenvalue weighted by atomic mass is 10.1. The van der Waals surface area contributed by atoms with E-state index >= 15 is 0 Å². The fourth-order valence-corrected chi connectivity index (χ4v) is 1.06. The zero-order valence-corrected chi connectivity index (χ0v) is 10.6. The van der Waals surface area contributed by atoms with E-state index in [4.69, 9.17) is 9.47 Å². The van der Waals surface area contributed by atoms with Gasteiger partial charge in [-0.1, -0.05) is 0 Å². The van der Waals surface area contributed by atoms with Gasteiger partial charge in [-0.2, -0.15) is 0 Å². The van der Waals surface area contributed by atoms with Crippen molar-refractivity contribution in [1.82, 2.24) is 5.32 Å². The van der Waals surface area contributed by atoms with Crippen LogP contribution in [0.3, 0.4) is 0 Å². The van der Waals surface area contributed by atoms with Crippen molar-refractivity contribution in [3.8, 4) is 0 Å². The molecule has 0 aromatic carbocycles. The van der Waals surface area contributed by atoms with E-state index < -0.39 is 17.7 Å². The first kappa shape index (κ1) is 14.9. The van der Waals surface area contributed by atoms with Gasteiger partial charge in [0.05, 0.1) is 12.1 Å². The fourth-order valence-electron chi connectivity index (χ4n) is 1.06. The maximum atomic E-state index is 11.4. The predicted octanol–water partition coefficient (Wildman–Crippen LogP) is 1.50. The van der Waals surface area contributed by atoms with E-state index in [1.165, 1.54) is 0 Å². The van der Waals surface area contributed by atoms with Gasteiger partial charge < -0.3 is 19.6 Å². The third-order valence-corrected chi connectivity index (χ3v) is 1.85. The van der Waals surface area contributed by atoms with E-state index in [0.717, 1.165) is 0 Å². The summed E-state index contributed by atoms with van der Waals surface area (Å²) in [6, 6.07) is -0.579. The first-order valence-corrected chi connectivity index (χ1v) is 5.26. The molecule has 0 aliphatic rings. The van der Waals surface area contributed by atoms with Crippen LogP contribution in [0.5, 0.6) is 0 Å². The summed E-state index contributed by atoms with van der Waals surface area (Å²) in [7, 11) is 1.56. The normalized spacial score (nSPS) is 15.1. The van der Waals surface area contributed by atoms with Crippen molar-refractivity contribution < 1.29 is 19.1 Å². The highest BCUT2D eigenvalue weighted by Gasteiger charge is 2.20. The van der Waals surface area contributed by atoms with E-state index in [0.29, 0.717) is 12.7 Å². The van der Waals surface area contributed by atoms with Crippen molar-refractivity contribution in [3.05, 3.63) is 0 Å². The van der Waals surface area contributed by atoms with Crippen LogP contribution < -0.4 is 5.32 Å². The summed E-state index contributed by atoms with van der Waals surface area (Å²) in [5.41, 5.74) is -0.565. The van der Waals surface area contributed by atoms with Crippen molar-refractivity contribution in [3.63, 3.8) is 0 Å². The van der Waals surface area contributed by atoms with E-state index in [1.807, 2.05) is 6.92 Å². The van der Waals surface area contributed by atoms with Crippen LogP contribution >= 0.6 is 0 Å². The minimum atomic E-state index is -0.590. The van der Waals surface area contributed by atoms with E-state index in [2.05, 4.69) is 5.32 Å². The second kappa shape index (κ2) is 6.48. The Morgan fingerprint density at radius 1 is 1.44 bits per heavy atom. The SMILES string of the molecule is COC(C)CC(C=O)NC(=O)OC(C)(C)C. The van der Waals surface area contributed by atoms with Crippen LogP contribution in [0.25, 0.3) is 0 Å². The molecule has 1 amide bonds. The summed E-state index contributed by atoms with van der Waals surface area (Å²) in [4.78, 5) is 22.1. The van der Waals surface area contributed by atoms with Gasteiger partial charge in [-0.05, 0) is 27.7 Å². The number of nitrogens with one attached hydrogen (secondary N) is 1. The molecule has 0 radical (unpaired) electrons. The van der Waals surface area contributed by atoms with Gasteiger partial charge in [0.1, 0.15) is 11.9 Å². The summed E-state index contributed by atoms with van der Waals surface area (Å²) >= 11 is 0. The Balaban J connectivity index is 4.12. The number of carbonyl (C=O) groups excluding carboxylic acids is 2. The standard InChI is InChI=1S/C11H21NO4/c1-8(15-5)6-9(7-13)12-10(14)16-11(2,3)4/h7-9H,6H2,1-5H3,(H,12,14). The summed E-state index contributed by atoms with van der Waals surface area (Å²) < 4.78 is 10.0. The number of carbonyl (C=O) groups is 2. The maximum absolute atomic E-state index is 11.4. The Kier molecular flexibility index (Phi) is 6.03. The molecule has 0 saturated carbocycles. The number of hydrogen-bond acceptors (Lipinski definition) is 4. The second-order valence-electron chi connectivity index (χ2n) is 4.67. The van der Waals surface area contributed by atoms with Gasteiger partial charge in [0.2, 0.25) is 0 Å². The molecule has 16 heavy (non-hydrogen) atoms. The molecule has 1 N–H and O–H groups in total. The molecule has 0 heterocycles. The van der Waals surface area contributed by atoms with Gasteiger partial charge >= 0.3 is 6.09 Å². The zero-order chi connectivity index (χ0) is 12.8. The Labute approximate surface area is 96.5 Å². The zero-order valence-electron chi connectivity index (χ0n) is 10.6. The molecule has 2 unspecified atom stereocenters. The lowest BCUT2D eigenvalue weighted by molar-refractivity contribution is -0.110. The number of aldehydes is 1. The minimum absolute atomic E-state index is 0.0925. The highest BCUT2D eigenvalue weighted by atomic mass is 16.6. The molecule has 0 saturated heterocycles. The third kappa shape index (κ3) is 7.23. The number of amides is 1. The van der Waals surface area contributed by atoms with Gasteiger partial charge in [0, 0.05) is 13.5 Å². The molecule has 0 rings (SSSR count). The molecule has 0 bridgehead atoms. The number of alkyl carbamates (subject to hydrolysis) is 1. The van der Waals surface area contributed by atoms with Gasteiger partial charge in [-0.25, -0.2) is 4.79 Å². The lowest BCUT2D eigenvalue weighted by Gasteiger charge is -2.22. The molecule has 0 aromatic heterocycles. The van der Waals surface area contributed by atoms with Crippen LogP contribution in [-0.4, -0.2) is 37.2 Å². The van der Waals surface area contributed by atoms with Crippen LogP contribution in [0.2, 0.25) is 0 Å². The van der Waals surface area contributed by atoms with Crippen molar-refractivity contribution in [2.24, 2.45) is 0 Å². The van der Waals surface area contributed by atoms with Crippen molar-refractivity contribution in [2.75, 3.05) is 7.11 Å². The topological polar surface area (TPSA) is 64.6 Å². The molecule has 5 nitrogen and oxygen atoms in total. The quantitative estimate of drug-likeness (QED) is 0.728. The Morgan fingerprint density at radius 3 is 2.38 bits per heavy atom. The number of hydrogen-bond donors (Lipinski definition) is 1. The molecular formula is C11H21NO4. The summed E-state index contributed by atoms with van der Waals surface area (Å²) in [6.45, 7) is 7.12. The first-order valence-electron chi connectivity index (χ1n) is 5.26. The lowest BCUT2D eigenvalue weighted by Crippen LogP contribution is -2.41. The smallest absolute Gasteiger partial charge is 0.408 e. The number of methoxy groups -OCH3 is 1. The monoisotopic (exact) mass is 231 g/mol. The van der Waals surface area contributed by atoms with E-state index in [-0.39, 0.29) is 6.10 Å². The largest absolute Gasteiger partial charge is 0.444 e. The van der Waals surface area contributed by atoms with E-state index in [1.54, 1.807) is 27.9 Å². The van der Waals surface area contributed by atoms with Crippen molar-refractivity contribution in [1.29, 1.82) is 0 Å². The van der Waals surface area contributed by atoms with Crippen LogP contribution in [0, 0.1) is 0 Å². The Morgan fingerprint density at radius 2 is 2.00 bits per heavy atom. The predicted molar refractivity (Wildman–Crippen MR) is 60.3 cm³/mol. The first-order chi connectivity index (χ1) is 7.28. The fraction of sp³-hybridized carbons (Fsp3) is 0.818. The van der Waals surface area contributed by atoms with Crippen LogP contribution in [0.15, 0.2) is 0 Å². The molecule has 5 heteroatoms. The second-order valence-corrected chi connectivity index (χ2v) is 4.67. The van der Waals surface area contributed by atoms with Gasteiger partial charge in [-0.3, -0.25) is 0 Å². The number of ether oxygens (including phenoxy) is 2. The van der Waals surface area contributed by atoms with Gasteiger partial charge in [-0.15, -0.1) is 0 Å². The molecule has 0 spiro atoms. The summed E-state index contributed by atoms with van der Waals surface area (Å²) in [5.74, 6) is 0. The van der Waals surface area contributed by atoms with Gasteiger partial charge in [0.25, 0.3) is 0 Å². The Hall–Kier alpha value is -1.10. The third-order valence-electron chi connectivity index (χ3n) is 1.85. The average molecular weight is 231 g/mol. The van der Waals surface area contributed by atoms with Gasteiger partial charge in [0.15, 0.2) is 0 Å². The molecule has 94 valence electrons. The summed E-state index contributed by atoms with van der Waals surface area (Å²) in [6.07, 6.45) is 0.427. The van der Waals surface area contributed by atoms with Crippen molar-refractivity contribution in [2.45, 2.75) is 51.9 Å². The molecule has 2 atom stereocenters. The highest BCUT2D eigenvalue weighted by Crippen LogP contribution is 2.07.